The van der Waals surface area contributed by atoms with Crippen molar-refractivity contribution in [3.8, 4) is 5.88 Å². The second kappa shape index (κ2) is 5.31. The lowest BCUT2D eigenvalue weighted by Crippen LogP contribution is -2.22. The number of ether oxygens (including phenoxy) is 1. The van der Waals surface area contributed by atoms with Gasteiger partial charge in [-0.3, -0.25) is 0 Å². The molecule has 5 nitrogen and oxygen atoms in total. The minimum atomic E-state index is 0.253. The minimum Gasteiger partial charge on any atom is -0.473 e. The van der Waals surface area contributed by atoms with Crippen molar-refractivity contribution in [3.05, 3.63) is 11.9 Å². The van der Waals surface area contributed by atoms with Crippen LogP contribution in [0, 0.1) is 6.92 Å². The average Bonchev–Trinajstić information content (AvgIpc) is 2.63. The summed E-state index contributed by atoms with van der Waals surface area (Å²) in [6.45, 7) is 6.84. The lowest BCUT2D eigenvalue weighted by atomic mass is 10.3. The highest BCUT2D eigenvalue weighted by molar-refractivity contribution is 5.38. The van der Waals surface area contributed by atoms with Crippen molar-refractivity contribution >= 4 is 5.82 Å². The van der Waals surface area contributed by atoms with Crippen molar-refractivity contribution in [2.24, 2.45) is 0 Å². The molecule has 94 valence electrons. The highest BCUT2D eigenvalue weighted by Crippen LogP contribution is 2.18. The standard InChI is InChI=1S/C12H20N4O/c1-4-13-11-7-12(15-9(2)14-11)17-10-5-6-16(3)8-10/h7,10H,4-6,8H2,1-3H3,(H,13,14,15). The number of hydrogen-bond donors (Lipinski definition) is 1. The molecule has 1 aromatic rings. The monoisotopic (exact) mass is 236 g/mol. The van der Waals surface area contributed by atoms with Crippen molar-refractivity contribution < 1.29 is 4.74 Å². The molecule has 1 N–H and O–H groups in total. The molecule has 0 bridgehead atoms. The first kappa shape index (κ1) is 12.1. The molecule has 0 radical (unpaired) electrons. The van der Waals surface area contributed by atoms with E-state index in [1.807, 2.05) is 19.9 Å². The number of likely N-dealkylation sites (tertiary alicyclic amines) is 1. The number of nitrogens with one attached hydrogen (secondary N) is 1. The summed E-state index contributed by atoms with van der Waals surface area (Å²) in [5.41, 5.74) is 0. The Morgan fingerprint density at radius 1 is 1.53 bits per heavy atom. The SMILES string of the molecule is CCNc1cc(OC2CCN(C)C2)nc(C)n1. The van der Waals surface area contributed by atoms with Gasteiger partial charge < -0.3 is 15.0 Å². The largest absolute Gasteiger partial charge is 0.473 e. The van der Waals surface area contributed by atoms with Crippen LogP contribution in [0.4, 0.5) is 5.82 Å². The van der Waals surface area contributed by atoms with E-state index in [-0.39, 0.29) is 6.10 Å². The highest BCUT2D eigenvalue weighted by Gasteiger charge is 2.21. The molecular formula is C12H20N4O. The second-order valence-electron chi connectivity index (χ2n) is 4.46. The number of hydrogen-bond acceptors (Lipinski definition) is 5. The van der Waals surface area contributed by atoms with Crippen LogP contribution < -0.4 is 10.1 Å². The molecule has 0 aromatic carbocycles. The third-order valence-corrected chi connectivity index (χ3v) is 2.81. The summed E-state index contributed by atoms with van der Waals surface area (Å²) in [5.74, 6) is 2.25. The van der Waals surface area contributed by atoms with E-state index >= 15 is 0 Å². The van der Waals surface area contributed by atoms with E-state index in [2.05, 4.69) is 27.2 Å². The maximum absolute atomic E-state index is 5.88. The normalized spacial score (nSPS) is 20.5. The molecule has 1 saturated heterocycles. The summed E-state index contributed by atoms with van der Waals surface area (Å²) < 4.78 is 5.88. The molecule has 0 spiro atoms. The molecule has 1 aromatic heterocycles. The second-order valence-corrected chi connectivity index (χ2v) is 4.46. The minimum absolute atomic E-state index is 0.253. The van der Waals surface area contributed by atoms with E-state index < -0.39 is 0 Å². The Balaban J connectivity index is 2.04. The van der Waals surface area contributed by atoms with Gasteiger partial charge >= 0.3 is 0 Å². The number of aromatic nitrogens is 2. The third-order valence-electron chi connectivity index (χ3n) is 2.81. The number of rotatable bonds is 4. The van der Waals surface area contributed by atoms with E-state index in [1.165, 1.54) is 0 Å². The van der Waals surface area contributed by atoms with Crippen LogP contribution in [0.2, 0.25) is 0 Å². The van der Waals surface area contributed by atoms with Crippen molar-refractivity contribution in [3.63, 3.8) is 0 Å². The van der Waals surface area contributed by atoms with Crippen LogP contribution >= 0.6 is 0 Å². The predicted molar refractivity (Wildman–Crippen MR) is 67.5 cm³/mol. The topological polar surface area (TPSA) is 50.3 Å². The van der Waals surface area contributed by atoms with E-state index in [0.717, 1.165) is 37.7 Å². The van der Waals surface area contributed by atoms with E-state index in [9.17, 15) is 0 Å². The molecular weight excluding hydrogens is 216 g/mol. The van der Waals surface area contributed by atoms with Gasteiger partial charge in [-0.15, -0.1) is 0 Å². The molecule has 2 heterocycles. The van der Waals surface area contributed by atoms with Crippen LogP contribution in [0.3, 0.4) is 0 Å². The van der Waals surface area contributed by atoms with Crippen LogP contribution in [0.1, 0.15) is 19.2 Å². The fourth-order valence-electron chi connectivity index (χ4n) is 2.03. The summed E-state index contributed by atoms with van der Waals surface area (Å²) >= 11 is 0. The predicted octanol–water partition coefficient (Wildman–Crippen LogP) is 1.30. The Morgan fingerprint density at radius 2 is 2.35 bits per heavy atom. The first-order chi connectivity index (χ1) is 8.17. The molecule has 2 rings (SSSR count). The Morgan fingerprint density at radius 3 is 3.00 bits per heavy atom. The maximum Gasteiger partial charge on any atom is 0.219 e. The zero-order chi connectivity index (χ0) is 12.3. The van der Waals surface area contributed by atoms with Gasteiger partial charge in [0.25, 0.3) is 0 Å². The third kappa shape index (κ3) is 3.30. The number of likely N-dealkylation sites (N-methyl/N-ethyl adjacent to an activating group) is 1. The van der Waals surface area contributed by atoms with Gasteiger partial charge in [0.1, 0.15) is 17.7 Å². The van der Waals surface area contributed by atoms with Crippen LogP contribution in [0.15, 0.2) is 6.07 Å². The summed E-state index contributed by atoms with van der Waals surface area (Å²) in [7, 11) is 2.11. The summed E-state index contributed by atoms with van der Waals surface area (Å²) in [6.07, 6.45) is 1.32. The zero-order valence-corrected chi connectivity index (χ0v) is 10.7. The van der Waals surface area contributed by atoms with Crippen molar-refractivity contribution in [1.82, 2.24) is 14.9 Å². The van der Waals surface area contributed by atoms with Crippen LogP contribution in [0.5, 0.6) is 5.88 Å². The summed E-state index contributed by atoms with van der Waals surface area (Å²) in [6, 6.07) is 1.87. The lowest BCUT2D eigenvalue weighted by Gasteiger charge is -2.14. The zero-order valence-electron chi connectivity index (χ0n) is 10.7. The molecule has 5 heteroatoms. The molecule has 1 atom stereocenters. The smallest absolute Gasteiger partial charge is 0.219 e. The number of nitrogens with zero attached hydrogens (tertiary/aromatic N) is 3. The molecule has 17 heavy (non-hydrogen) atoms. The van der Waals surface area contributed by atoms with Gasteiger partial charge in [0.05, 0.1) is 0 Å². The van der Waals surface area contributed by atoms with Gasteiger partial charge in [0.15, 0.2) is 0 Å². The van der Waals surface area contributed by atoms with Crippen LogP contribution in [-0.2, 0) is 0 Å². The fourth-order valence-corrected chi connectivity index (χ4v) is 2.03. The van der Waals surface area contributed by atoms with Gasteiger partial charge in [0.2, 0.25) is 5.88 Å². The van der Waals surface area contributed by atoms with Crippen molar-refractivity contribution in [2.75, 3.05) is 32.0 Å². The van der Waals surface area contributed by atoms with Gasteiger partial charge in [-0.2, -0.15) is 4.98 Å². The van der Waals surface area contributed by atoms with Crippen molar-refractivity contribution in [1.29, 1.82) is 0 Å². The Kier molecular flexibility index (Phi) is 3.78. The fraction of sp³-hybridized carbons (Fsp3) is 0.667. The maximum atomic E-state index is 5.88. The first-order valence-electron chi connectivity index (χ1n) is 6.12. The summed E-state index contributed by atoms with van der Waals surface area (Å²) in [5, 5.41) is 3.18. The van der Waals surface area contributed by atoms with Gasteiger partial charge in [-0.25, -0.2) is 4.98 Å². The van der Waals surface area contributed by atoms with Crippen LogP contribution in [-0.4, -0.2) is 47.7 Å². The molecule has 1 unspecified atom stereocenters. The summed E-state index contributed by atoms with van der Waals surface area (Å²) in [4.78, 5) is 10.9. The van der Waals surface area contributed by atoms with E-state index in [4.69, 9.17) is 4.74 Å². The van der Waals surface area contributed by atoms with Crippen molar-refractivity contribution in [2.45, 2.75) is 26.4 Å². The van der Waals surface area contributed by atoms with Gasteiger partial charge in [-0.1, -0.05) is 0 Å². The van der Waals surface area contributed by atoms with Gasteiger partial charge in [0, 0.05) is 25.7 Å². The lowest BCUT2D eigenvalue weighted by molar-refractivity contribution is 0.199. The molecule has 0 aliphatic carbocycles. The average molecular weight is 236 g/mol. The molecule has 1 aliphatic heterocycles. The molecule has 0 saturated carbocycles. The van der Waals surface area contributed by atoms with Crippen LogP contribution in [0.25, 0.3) is 0 Å². The quantitative estimate of drug-likeness (QED) is 0.854. The van der Waals surface area contributed by atoms with E-state index in [0.29, 0.717) is 5.88 Å². The number of aryl methyl sites for hydroxylation is 1. The van der Waals surface area contributed by atoms with E-state index in [1.54, 1.807) is 0 Å². The Hall–Kier alpha value is -1.36. The first-order valence-corrected chi connectivity index (χ1v) is 6.12. The Bertz CT molecular complexity index is 383. The molecule has 1 aliphatic rings. The number of anilines is 1. The van der Waals surface area contributed by atoms with Gasteiger partial charge in [-0.05, 0) is 27.3 Å². The molecule has 0 amide bonds. The Labute approximate surface area is 102 Å². The molecule has 1 fully saturated rings. The highest BCUT2D eigenvalue weighted by atomic mass is 16.5.